The van der Waals surface area contributed by atoms with Crippen LogP contribution in [0.25, 0.3) is 32.8 Å². The van der Waals surface area contributed by atoms with Crippen molar-refractivity contribution in [2.45, 2.75) is 25.8 Å². The molecule has 1 aliphatic rings. The molecule has 1 N–H and O–H groups in total. The molecule has 0 unspecified atom stereocenters. The zero-order valence-corrected chi connectivity index (χ0v) is 21.3. The number of fused-ring (bicyclic) bond motifs is 1. The molecule has 37 heavy (non-hydrogen) atoms. The molecule has 2 aromatic carbocycles. The molecule has 1 saturated heterocycles. The lowest BCUT2D eigenvalue weighted by atomic mass is 10.1. The van der Waals surface area contributed by atoms with Crippen LogP contribution in [0.3, 0.4) is 0 Å². The van der Waals surface area contributed by atoms with Gasteiger partial charge in [0.15, 0.2) is 0 Å². The van der Waals surface area contributed by atoms with Gasteiger partial charge in [0.25, 0.3) is 5.91 Å². The molecule has 2 aromatic heterocycles. The maximum Gasteiger partial charge on any atom is 0.274 e. The Bertz CT molecular complexity index is 1590. The summed E-state index contributed by atoms with van der Waals surface area (Å²) in [5.74, 6) is -1.44. The van der Waals surface area contributed by atoms with Crippen LogP contribution in [0.15, 0.2) is 30.3 Å². The van der Waals surface area contributed by atoms with Crippen molar-refractivity contribution in [3.63, 3.8) is 0 Å². The lowest BCUT2D eigenvalue weighted by Gasteiger charge is -2.32. The fourth-order valence-corrected chi connectivity index (χ4v) is 5.02. The molecule has 5 rings (SSSR count). The Morgan fingerprint density at radius 2 is 2.03 bits per heavy atom. The van der Waals surface area contributed by atoms with E-state index in [9.17, 15) is 9.18 Å². The third-order valence-corrected chi connectivity index (χ3v) is 7.27. The number of carbonyl (C=O) groups is 1. The highest BCUT2D eigenvalue weighted by molar-refractivity contribution is 6.34. The molecule has 0 spiro atoms. The summed E-state index contributed by atoms with van der Waals surface area (Å²) in [7, 11) is 3.52. The Labute approximate surface area is 217 Å². The zero-order chi connectivity index (χ0) is 26.4. The molecule has 0 aliphatic carbocycles. The van der Waals surface area contributed by atoms with Gasteiger partial charge in [-0.25, -0.2) is 18.6 Å². The Morgan fingerprint density at radius 3 is 2.73 bits per heavy atom. The van der Waals surface area contributed by atoms with Gasteiger partial charge in [0.05, 0.1) is 23.5 Å². The second kappa shape index (κ2) is 9.57. The number of likely N-dealkylation sites (tertiary alicyclic amines) is 1. The van der Waals surface area contributed by atoms with Crippen LogP contribution in [0.1, 0.15) is 29.0 Å². The molecule has 1 aliphatic heterocycles. The molecule has 0 bridgehead atoms. The van der Waals surface area contributed by atoms with Gasteiger partial charge in [-0.05, 0) is 38.9 Å². The average Bonchev–Trinajstić information content (AvgIpc) is 3.38. The van der Waals surface area contributed by atoms with Gasteiger partial charge in [0.2, 0.25) is 5.69 Å². The molecule has 1 atom stereocenters. The highest BCUT2D eigenvalue weighted by Crippen LogP contribution is 2.34. The first-order valence-electron chi connectivity index (χ1n) is 11.8. The van der Waals surface area contributed by atoms with Crippen LogP contribution in [0.2, 0.25) is 5.15 Å². The molecule has 4 aromatic rings. The van der Waals surface area contributed by atoms with Crippen LogP contribution in [-0.2, 0) is 7.05 Å². The summed E-state index contributed by atoms with van der Waals surface area (Å²) in [6.07, 6.45) is 1.81. The number of nitrogens with zero attached hydrogens (tertiary/aromatic N) is 6. The molecule has 1 fully saturated rings. The van der Waals surface area contributed by atoms with Crippen molar-refractivity contribution in [3.8, 4) is 17.1 Å². The number of nitrogens with one attached hydrogen (secondary N) is 1. The SMILES string of the molecule is [C-]#[N+]c1ccc(-c2nc(C(=O)N3CCC[C@@H](NC)C3)c(C)n2-c2cc3c(Cl)n(C)nc3cc2F)cc1F. The number of amides is 1. The van der Waals surface area contributed by atoms with E-state index in [-0.39, 0.29) is 34.8 Å². The minimum Gasteiger partial charge on any atom is -0.336 e. The summed E-state index contributed by atoms with van der Waals surface area (Å²) in [4.78, 5) is 23.1. The van der Waals surface area contributed by atoms with Crippen molar-refractivity contribution in [2.75, 3.05) is 20.1 Å². The average molecular weight is 524 g/mol. The number of piperidine rings is 1. The predicted octanol–water partition coefficient (Wildman–Crippen LogP) is 5.04. The van der Waals surface area contributed by atoms with Gasteiger partial charge < -0.3 is 10.2 Å². The molecule has 8 nitrogen and oxygen atoms in total. The minimum atomic E-state index is -0.730. The van der Waals surface area contributed by atoms with Crippen molar-refractivity contribution >= 4 is 34.1 Å². The second-order valence-electron chi connectivity index (χ2n) is 9.10. The van der Waals surface area contributed by atoms with Crippen molar-refractivity contribution in [1.29, 1.82) is 0 Å². The smallest absolute Gasteiger partial charge is 0.274 e. The highest BCUT2D eigenvalue weighted by atomic mass is 35.5. The molecule has 190 valence electrons. The van der Waals surface area contributed by atoms with E-state index >= 15 is 4.39 Å². The summed E-state index contributed by atoms with van der Waals surface area (Å²) in [6.45, 7) is 9.93. The number of likely N-dealkylation sites (N-methyl/N-ethyl adjacent to an activating group) is 1. The number of rotatable bonds is 4. The lowest BCUT2D eigenvalue weighted by Crippen LogP contribution is -2.47. The van der Waals surface area contributed by atoms with Crippen molar-refractivity contribution in [2.24, 2.45) is 7.05 Å². The van der Waals surface area contributed by atoms with Gasteiger partial charge >= 0.3 is 0 Å². The fourth-order valence-electron chi connectivity index (χ4n) is 4.83. The van der Waals surface area contributed by atoms with E-state index in [1.54, 1.807) is 24.9 Å². The van der Waals surface area contributed by atoms with E-state index in [1.165, 1.54) is 33.5 Å². The van der Waals surface area contributed by atoms with E-state index in [1.807, 2.05) is 7.05 Å². The second-order valence-corrected chi connectivity index (χ2v) is 9.46. The Kier molecular flexibility index (Phi) is 6.43. The molecular formula is C26H24ClF2N7O. The molecule has 11 heteroatoms. The van der Waals surface area contributed by atoms with Crippen LogP contribution in [-0.4, -0.2) is 56.3 Å². The van der Waals surface area contributed by atoms with E-state index in [2.05, 4.69) is 20.2 Å². The highest BCUT2D eigenvalue weighted by Gasteiger charge is 2.30. The van der Waals surface area contributed by atoms with E-state index in [4.69, 9.17) is 18.2 Å². The van der Waals surface area contributed by atoms with Crippen LogP contribution >= 0.6 is 11.6 Å². The normalized spacial score (nSPS) is 15.8. The van der Waals surface area contributed by atoms with Crippen molar-refractivity contribution < 1.29 is 13.6 Å². The third kappa shape index (κ3) is 4.24. The standard InChI is InChI=1S/C26H24ClF2N7O/c1-14-23(26(37)35-9-5-6-16(13-35)30-2)32-25(15-7-8-20(31-3)18(28)10-15)36(14)22-11-17-21(12-19(22)29)33-34(4)24(17)27/h7-8,10-12,16,30H,5-6,9,13H2,1-2,4H3/t16-/m1/s1. The maximum absolute atomic E-state index is 15.5. The van der Waals surface area contributed by atoms with Gasteiger partial charge in [-0.1, -0.05) is 23.7 Å². The van der Waals surface area contributed by atoms with Gasteiger partial charge in [0.1, 0.15) is 28.3 Å². The van der Waals surface area contributed by atoms with Crippen LogP contribution < -0.4 is 5.32 Å². The summed E-state index contributed by atoms with van der Waals surface area (Å²) in [6, 6.07) is 7.04. The van der Waals surface area contributed by atoms with Gasteiger partial charge in [-0.15, -0.1) is 0 Å². The largest absolute Gasteiger partial charge is 0.336 e. The Balaban J connectivity index is 1.72. The van der Waals surface area contributed by atoms with E-state index in [0.717, 1.165) is 12.8 Å². The molecule has 1 amide bonds. The maximum atomic E-state index is 15.5. The first kappa shape index (κ1) is 24.9. The van der Waals surface area contributed by atoms with Crippen molar-refractivity contribution in [1.82, 2.24) is 29.5 Å². The van der Waals surface area contributed by atoms with E-state index in [0.29, 0.717) is 40.4 Å². The Morgan fingerprint density at radius 1 is 1.24 bits per heavy atom. The number of aromatic nitrogens is 4. The molecule has 0 saturated carbocycles. The predicted molar refractivity (Wildman–Crippen MR) is 137 cm³/mol. The number of carbonyl (C=O) groups excluding carboxylic acids is 1. The first-order valence-corrected chi connectivity index (χ1v) is 12.2. The lowest BCUT2D eigenvalue weighted by molar-refractivity contribution is 0.0692. The van der Waals surface area contributed by atoms with Gasteiger partial charge in [-0.2, -0.15) is 5.10 Å². The molecular weight excluding hydrogens is 500 g/mol. The van der Waals surface area contributed by atoms with Crippen molar-refractivity contribution in [3.05, 3.63) is 69.9 Å². The van der Waals surface area contributed by atoms with Crippen LogP contribution in [0, 0.1) is 25.1 Å². The number of hydrogen-bond acceptors (Lipinski definition) is 4. The quantitative estimate of drug-likeness (QED) is 0.380. The Hall–Kier alpha value is -3.81. The van der Waals surface area contributed by atoms with Gasteiger partial charge in [-0.3, -0.25) is 14.0 Å². The number of imidazole rings is 1. The molecule has 0 radical (unpaired) electrons. The summed E-state index contributed by atoms with van der Waals surface area (Å²) in [5, 5.41) is 8.29. The first-order chi connectivity index (χ1) is 17.7. The number of halogens is 3. The fraction of sp³-hybridized carbons (Fsp3) is 0.308. The topological polar surface area (TPSA) is 72.3 Å². The zero-order valence-electron chi connectivity index (χ0n) is 20.5. The third-order valence-electron chi connectivity index (χ3n) is 6.82. The van der Waals surface area contributed by atoms with E-state index < -0.39 is 11.6 Å². The number of aryl methyl sites for hydroxylation is 1. The van der Waals surface area contributed by atoms with Gasteiger partial charge in [0, 0.05) is 43.2 Å². The van der Waals surface area contributed by atoms with Crippen LogP contribution in [0.5, 0.6) is 0 Å². The molecule has 3 heterocycles. The number of benzene rings is 2. The van der Waals surface area contributed by atoms with Crippen LogP contribution in [0.4, 0.5) is 14.5 Å². The summed E-state index contributed by atoms with van der Waals surface area (Å²) in [5.41, 5.74) is 1.19. The summed E-state index contributed by atoms with van der Waals surface area (Å²) < 4.78 is 33.1. The summed E-state index contributed by atoms with van der Waals surface area (Å²) >= 11 is 6.40. The minimum absolute atomic E-state index is 0.0999. The number of hydrogen-bond donors (Lipinski definition) is 1. The monoisotopic (exact) mass is 523 g/mol.